The number of carbonyl (C=O) groups is 1. The monoisotopic (exact) mass is 204 g/mol. The molecule has 4 heteroatoms. The van der Waals surface area contributed by atoms with Crippen molar-refractivity contribution in [3.05, 3.63) is 36.5 Å². The minimum absolute atomic E-state index is 0.00667. The maximum absolute atomic E-state index is 11.1. The van der Waals surface area contributed by atoms with Crippen LogP contribution in [0, 0.1) is 0 Å². The third-order valence-corrected chi connectivity index (χ3v) is 2.27. The third-order valence-electron chi connectivity index (χ3n) is 2.27. The van der Waals surface area contributed by atoms with Crippen molar-refractivity contribution in [3.63, 3.8) is 0 Å². The zero-order valence-corrected chi connectivity index (χ0v) is 8.27. The summed E-state index contributed by atoms with van der Waals surface area (Å²) >= 11 is 0. The molecule has 1 aromatic heterocycles. The van der Waals surface area contributed by atoms with Gasteiger partial charge in [0.2, 0.25) is 11.8 Å². The van der Waals surface area contributed by atoms with Crippen LogP contribution in [0.4, 0.5) is 0 Å². The fourth-order valence-corrected chi connectivity index (χ4v) is 1.57. The van der Waals surface area contributed by atoms with Crippen LogP contribution in [0.1, 0.15) is 5.56 Å². The van der Waals surface area contributed by atoms with E-state index in [9.17, 15) is 4.79 Å². The minimum Gasteiger partial charge on any atom is -0.475 e. The van der Waals surface area contributed by atoms with E-state index in [0.717, 1.165) is 12.0 Å². The second-order valence-corrected chi connectivity index (χ2v) is 3.39. The maximum atomic E-state index is 11.1. The first-order valence-electron chi connectivity index (χ1n) is 4.79. The van der Waals surface area contributed by atoms with Gasteiger partial charge in [0.25, 0.3) is 0 Å². The van der Waals surface area contributed by atoms with Crippen molar-refractivity contribution in [3.8, 4) is 5.88 Å². The minimum atomic E-state index is -0.170. The highest BCUT2D eigenvalue weighted by Gasteiger charge is 2.20. The lowest BCUT2D eigenvalue weighted by Gasteiger charge is -2.24. The fraction of sp³-hybridized carbons (Fsp3) is 0.273. The molecule has 2 rings (SSSR count). The molecule has 78 valence electrons. The van der Waals surface area contributed by atoms with E-state index >= 15 is 0 Å². The van der Waals surface area contributed by atoms with E-state index in [1.165, 1.54) is 6.08 Å². The van der Waals surface area contributed by atoms with E-state index in [1.54, 1.807) is 6.20 Å². The van der Waals surface area contributed by atoms with Crippen LogP contribution < -0.4 is 10.1 Å². The van der Waals surface area contributed by atoms with Gasteiger partial charge in [-0.15, -0.1) is 0 Å². The van der Waals surface area contributed by atoms with Crippen molar-refractivity contribution in [2.75, 3.05) is 6.61 Å². The molecule has 0 fully saturated rings. The summed E-state index contributed by atoms with van der Waals surface area (Å²) in [5.41, 5.74) is 1.03. The van der Waals surface area contributed by atoms with Gasteiger partial charge >= 0.3 is 0 Å². The first kappa shape index (κ1) is 9.71. The smallest absolute Gasteiger partial charge is 0.243 e. The van der Waals surface area contributed by atoms with Crippen LogP contribution in [0.5, 0.6) is 5.88 Å². The number of amides is 1. The molecule has 1 amide bonds. The van der Waals surface area contributed by atoms with E-state index in [2.05, 4.69) is 16.9 Å². The molecule has 0 aromatic carbocycles. The molecule has 0 bridgehead atoms. The Morgan fingerprint density at radius 3 is 3.40 bits per heavy atom. The molecule has 1 aromatic rings. The Labute approximate surface area is 88.0 Å². The first-order chi connectivity index (χ1) is 7.29. The van der Waals surface area contributed by atoms with Gasteiger partial charge in [0.15, 0.2) is 0 Å². The van der Waals surface area contributed by atoms with Gasteiger partial charge in [-0.25, -0.2) is 4.98 Å². The number of nitrogens with zero attached hydrogens (tertiary/aromatic N) is 1. The summed E-state index contributed by atoms with van der Waals surface area (Å²) in [5, 5.41) is 2.80. The van der Waals surface area contributed by atoms with Crippen LogP contribution in [0.2, 0.25) is 0 Å². The molecule has 1 aliphatic rings. The normalized spacial score (nSPS) is 18.5. The average Bonchev–Trinajstić information content (AvgIpc) is 2.29. The number of aromatic nitrogens is 1. The number of rotatable bonds is 2. The summed E-state index contributed by atoms with van der Waals surface area (Å²) in [4.78, 5) is 15.2. The number of hydrogen-bond acceptors (Lipinski definition) is 3. The van der Waals surface area contributed by atoms with E-state index in [0.29, 0.717) is 12.5 Å². The van der Waals surface area contributed by atoms with Crippen molar-refractivity contribution < 1.29 is 9.53 Å². The second kappa shape index (κ2) is 4.13. The number of fused-ring (bicyclic) bond motifs is 1. The van der Waals surface area contributed by atoms with Crippen LogP contribution in [-0.2, 0) is 11.2 Å². The van der Waals surface area contributed by atoms with Gasteiger partial charge in [0, 0.05) is 18.2 Å². The summed E-state index contributed by atoms with van der Waals surface area (Å²) in [6.45, 7) is 3.87. The topological polar surface area (TPSA) is 51.2 Å². The second-order valence-electron chi connectivity index (χ2n) is 3.39. The van der Waals surface area contributed by atoms with Gasteiger partial charge in [-0.3, -0.25) is 4.79 Å². The SMILES string of the molecule is C=CC(=O)NC1COc2ncccc2C1. The van der Waals surface area contributed by atoms with E-state index in [-0.39, 0.29) is 11.9 Å². The predicted octanol–water partition coefficient (Wildman–Crippen LogP) is 0.687. The van der Waals surface area contributed by atoms with Gasteiger partial charge in [0.05, 0.1) is 6.04 Å². The maximum Gasteiger partial charge on any atom is 0.243 e. The molecule has 0 saturated carbocycles. The average molecular weight is 204 g/mol. The highest BCUT2D eigenvalue weighted by molar-refractivity contribution is 5.87. The predicted molar refractivity (Wildman–Crippen MR) is 55.6 cm³/mol. The number of hydrogen-bond donors (Lipinski definition) is 1. The van der Waals surface area contributed by atoms with Crippen LogP contribution in [-0.4, -0.2) is 23.5 Å². The van der Waals surface area contributed by atoms with Gasteiger partial charge in [-0.1, -0.05) is 12.6 Å². The fourth-order valence-electron chi connectivity index (χ4n) is 1.57. The summed E-state index contributed by atoms with van der Waals surface area (Å²) < 4.78 is 5.42. The Morgan fingerprint density at radius 2 is 2.60 bits per heavy atom. The van der Waals surface area contributed by atoms with Gasteiger partial charge < -0.3 is 10.1 Å². The molecule has 1 atom stereocenters. The molecule has 0 aliphatic carbocycles. The molecular formula is C11H12N2O2. The standard InChI is InChI=1S/C11H12N2O2/c1-2-10(14)13-9-6-8-4-3-5-12-11(8)15-7-9/h2-5,9H,1,6-7H2,(H,13,14). The lowest BCUT2D eigenvalue weighted by molar-refractivity contribution is -0.117. The van der Waals surface area contributed by atoms with Gasteiger partial charge in [-0.2, -0.15) is 0 Å². The molecule has 15 heavy (non-hydrogen) atoms. The Kier molecular flexibility index (Phi) is 2.67. The molecule has 1 unspecified atom stereocenters. The highest BCUT2D eigenvalue weighted by atomic mass is 16.5. The molecular weight excluding hydrogens is 192 g/mol. The van der Waals surface area contributed by atoms with Crippen molar-refractivity contribution in [2.45, 2.75) is 12.5 Å². The van der Waals surface area contributed by atoms with Crippen LogP contribution in [0.3, 0.4) is 0 Å². The molecule has 4 nitrogen and oxygen atoms in total. The number of pyridine rings is 1. The zero-order chi connectivity index (χ0) is 10.7. The molecule has 1 aliphatic heterocycles. The highest BCUT2D eigenvalue weighted by Crippen LogP contribution is 2.20. The third kappa shape index (κ3) is 2.15. The molecule has 0 saturated heterocycles. The Bertz CT molecular complexity index is 390. The van der Waals surface area contributed by atoms with Crippen LogP contribution in [0.25, 0.3) is 0 Å². The molecule has 2 heterocycles. The van der Waals surface area contributed by atoms with E-state index in [4.69, 9.17) is 4.74 Å². The van der Waals surface area contributed by atoms with Crippen molar-refractivity contribution in [1.29, 1.82) is 0 Å². The summed E-state index contributed by atoms with van der Waals surface area (Å²) in [6.07, 6.45) is 3.71. The van der Waals surface area contributed by atoms with Gasteiger partial charge in [-0.05, 0) is 12.1 Å². The van der Waals surface area contributed by atoms with Crippen molar-refractivity contribution in [1.82, 2.24) is 10.3 Å². The van der Waals surface area contributed by atoms with E-state index in [1.807, 2.05) is 12.1 Å². The summed E-state index contributed by atoms with van der Waals surface area (Å²) in [7, 11) is 0. The lowest BCUT2D eigenvalue weighted by atomic mass is 10.1. The van der Waals surface area contributed by atoms with Crippen molar-refractivity contribution in [2.24, 2.45) is 0 Å². The largest absolute Gasteiger partial charge is 0.475 e. The number of nitrogens with one attached hydrogen (secondary N) is 1. The van der Waals surface area contributed by atoms with Gasteiger partial charge in [0.1, 0.15) is 6.61 Å². The number of ether oxygens (including phenoxy) is 1. The lowest BCUT2D eigenvalue weighted by Crippen LogP contribution is -2.42. The first-order valence-corrected chi connectivity index (χ1v) is 4.79. The summed E-state index contributed by atoms with van der Waals surface area (Å²) in [5.74, 6) is 0.498. The van der Waals surface area contributed by atoms with Crippen LogP contribution in [0.15, 0.2) is 31.0 Å². The summed E-state index contributed by atoms with van der Waals surface area (Å²) in [6, 6.07) is 3.82. The molecule has 1 N–H and O–H groups in total. The Hall–Kier alpha value is -1.84. The molecule has 0 radical (unpaired) electrons. The molecule has 0 spiro atoms. The Balaban J connectivity index is 2.05. The van der Waals surface area contributed by atoms with Crippen molar-refractivity contribution >= 4 is 5.91 Å². The van der Waals surface area contributed by atoms with Crippen LogP contribution >= 0.6 is 0 Å². The number of carbonyl (C=O) groups excluding carboxylic acids is 1. The van der Waals surface area contributed by atoms with E-state index < -0.39 is 0 Å². The quantitative estimate of drug-likeness (QED) is 0.721. The Morgan fingerprint density at radius 1 is 1.73 bits per heavy atom. The zero-order valence-electron chi connectivity index (χ0n) is 8.27.